The molecule has 1 rings (SSSR count). The summed E-state index contributed by atoms with van der Waals surface area (Å²) in [5.74, 6) is 2.54. The second kappa shape index (κ2) is 7.32. The van der Waals surface area contributed by atoms with Gasteiger partial charge in [0.1, 0.15) is 0 Å². The van der Waals surface area contributed by atoms with Crippen molar-refractivity contribution < 1.29 is 0 Å². The maximum absolute atomic E-state index is 3.76. The lowest BCUT2D eigenvalue weighted by Gasteiger charge is -2.34. The third-order valence-electron chi connectivity index (χ3n) is 4.47. The highest BCUT2D eigenvalue weighted by Gasteiger charge is 2.28. The Kier molecular flexibility index (Phi) is 6.41. The molecule has 0 aromatic rings. The van der Waals surface area contributed by atoms with Crippen molar-refractivity contribution in [2.24, 2.45) is 17.8 Å². The Labute approximate surface area is 102 Å². The van der Waals surface area contributed by atoms with Crippen LogP contribution in [0.25, 0.3) is 0 Å². The van der Waals surface area contributed by atoms with Crippen molar-refractivity contribution in [2.45, 2.75) is 72.3 Å². The van der Waals surface area contributed by atoms with Gasteiger partial charge in [0.05, 0.1) is 0 Å². The van der Waals surface area contributed by atoms with Crippen LogP contribution in [0.15, 0.2) is 0 Å². The lowest BCUT2D eigenvalue weighted by atomic mass is 9.79. The largest absolute Gasteiger partial charge is 0.314 e. The summed E-state index contributed by atoms with van der Waals surface area (Å²) in [7, 11) is 0. The van der Waals surface area contributed by atoms with Crippen molar-refractivity contribution in [3.8, 4) is 0 Å². The Morgan fingerprint density at radius 1 is 1.00 bits per heavy atom. The van der Waals surface area contributed by atoms with Gasteiger partial charge >= 0.3 is 0 Å². The van der Waals surface area contributed by atoms with Crippen LogP contribution in [0.2, 0.25) is 0 Å². The maximum atomic E-state index is 3.76. The molecule has 0 radical (unpaired) electrons. The molecule has 0 saturated heterocycles. The first-order chi connectivity index (χ1) is 7.66. The molecule has 1 saturated carbocycles. The highest BCUT2D eigenvalue weighted by atomic mass is 14.9. The molecule has 0 amide bonds. The summed E-state index contributed by atoms with van der Waals surface area (Å²) in [5.41, 5.74) is 0. The molecule has 1 aliphatic carbocycles. The number of hydrogen-bond acceptors (Lipinski definition) is 1. The Morgan fingerprint density at radius 2 is 1.56 bits per heavy atom. The smallest absolute Gasteiger partial charge is 0.0123 e. The molecule has 1 aliphatic rings. The van der Waals surface area contributed by atoms with Crippen LogP contribution in [0, 0.1) is 17.8 Å². The number of hydrogen-bond donors (Lipinski definition) is 1. The minimum atomic E-state index is 0.753. The van der Waals surface area contributed by atoms with Gasteiger partial charge in [-0.3, -0.25) is 0 Å². The summed E-state index contributed by atoms with van der Waals surface area (Å²) < 4.78 is 0. The SMILES string of the molecule is CCNC(C1CCCCCC1)C(C)C(C)C. The van der Waals surface area contributed by atoms with E-state index in [0.717, 1.165) is 30.3 Å². The molecule has 2 atom stereocenters. The van der Waals surface area contributed by atoms with Gasteiger partial charge in [-0.25, -0.2) is 0 Å². The normalized spacial score (nSPS) is 23.1. The van der Waals surface area contributed by atoms with Gasteiger partial charge in [0.25, 0.3) is 0 Å². The van der Waals surface area contributed by atoms with Gasteiger partial charge in [-0.1, -0.05) is 53.4 Å². The summed E-state index contributed by atoms with van der Waals surface area (Å²) in [5, 5.41) is 3.76. The van der Waals surface area contributed by atoms with Crippen molar-refractivity contribution in [3.63, 3.8) is 0 Å². The Morgan fingerprint density at radius 3 is 2.00 bits per heavy atom. The Bertz CT molecular complexity index is 168. The van der Waals surface area contributed by atoms with Crippen molar-refractivity contribution in [1.29, 1.82) is 0 Å². The zero-order valence-corrected chi connectivity index (χ0v) is 11.8. The van der Waals surface area contributed by atoms with E-state index in [0.29, 0.717) is 0 Å². The summed E-state index contributed by atoms with van der Waals surface area (Å²) >= 11 is 0. The quantitative estimate of drug-likeness (QED) is 0.691. The molecule has 1 nitrogen and oxygen atoms in total. The fourth-order valence-electron chi connectivity index (χ4n) is 3.10. The summed E-state index contributed by atoms with van der Waals surface area (Å²) in [6.45, 7) is 10.5. The molecule has 0 heterocycles. The minimum Gasteiger partial charge on any atom is -0.314 e. The molecule has 1 fully saturated rings. The van der Waals surface area contributed by atoms with Crippen LogP contribution in [0.1, 0.15) is 66.2 Å². The molecule has 0 spiro atoms. The minimum absolute atomic E-state index is 0.753. The molecule has 0 aromatic heterocycles. The van der Waals surface area contributed by atoms with E-state index in [-0.39, 0.29) is 0 Å². The molecule has 0 aromatic carbocycles. The van der Waals surface area contributed by atoms with Gasteiger partial charge in [0.2, 0.25) is 0 Å². The van der Waals surface area contributed by atoms with Gasteiger partial charge in [-0.2, -0.15) is 0 Å². The second-order valence-corrected chi connectivity index (χ2v) is 5.94. The van der Waals surface area contributed by atoms with E-state index in [2.05, 4.69) is 33.0 Å². The van der Waals surface area contributed by atoms with Gasteiger partial charge < -0.3 is 5.32 Å². The van der Waals surface area contributed by atoms with E-state index in [1.807, 2.05) is 0 Å². The third kappa shape index (κ3) is 4.08. The molecular weight excluding hydrogens is 194 g/mol. The van der Waals surface area contributed by atoms with Crippen molar-refractivity contribution in [3.05, 3.63) is 0 Å². The fraction of sp³-hybridized carbons (Fsp3) is 1.00. The molecule has 0 bridgehead atoms. The molecule has 1 N–H and O–H groups in total. The average molecular weight is 225 g/mol. The molecule has 96 valence electrons. The zero-order valence-electron chi connectivity index (χ0n) is 11.8. The predicted molar refractivity (Wildman–Crippen MR) is 72.7 cm³/mol. The first-order valence-electron chi connectivity index (χ1n) is 7.40. The first-order valence-corrected chi connectivity index (χ1v) is 7.40. The lowest BCUT2D eigenvalue weighted by Crippen LogP contribution is -2.43. The standard InChI is InChI=1S/C15H31N/c1-5-16-15(13(4)12(2)3)14-10-8-6-7-9-11-14/h12-16H,5-11H2,1-4H3. The molecule has 0 aliphatic heterocycles. The van der Waals surface area contributed by atoms with E-state index >= 15 is 0 Å². The predicted octanol–water partition coefficient (Wildman–Crippen LogP) is 4.23. The molecule has 2 unspecified atom stereocenters. The Balaban J connectivity index is 2.59. The topological polar surface area (TPSA) is 12.0 Å². The summed E-state index contributed by atoms with van der Waals surface area (Å²) in [4.78, 5) is 0. The maximum Gasteiger partial charge on any atom is 0.0123 e. The highest BCUT2D eigenvalue weighted by Crippen LogP contribution is 2.31. The van der Waals surface area contributed by atoms with Crippen molar-refractivity contribution >= 4 is 0 Å². The average Bonchev–Trinajstić information content (AvgIpc) is 2.53. The van der Waals surface area contributed by atoms with E-state index in [1.165, 1.54) is 38.5 Å². The van der Waals surface area contributed by atoms with Crippen molar-refractivity contribution in [2.75, 3.05) is 6.54 Å². The van der Waals surface area contributed by atoms with Gasteiger partial charge in [0.15, 0.2) is 0 Å². The second-order valence-electron chi connectivity index (χ2n) is 5.94. The van der Waals surface area contributed by atoms with Crippen LogP contribution >= 0.6 is 0 Å². The van der Waals surface area contributed by atoms with Crippen LogP contribution in [-0.2, 0) is 0 Å². The van der Waals surface area contributed by atoms with Crippen LogP contribution in [0.3, 0.4) is 0 Å². The fourth-order valence-corrected chi connectivity index (χ4v) is 3.10. The van der Waals surface area contributed by atoms with Crippen LogP contribution < -0.4 is 5.32 Å². The Hall–Kier alpha value is -0.0400. The van der Waals surface area contributed by atoms with Crippen LogP contribution in [-0.4, -0.2) is 12.6 Å². The monoisotopic (exact) mass is 225 g/mol. The van der Waals surface area contributed by atoms with E-state index in [1.54, 1.807) is 0 Å². The molecular formula is C15H31N. The number of nitrogens with one attached hydrogen (secondary N) is 1. The van der Waals surface area contributed by atoms with E-state index in [4.69, 9.17) is 0 Å². The van der Waals surface area contributed by atoms with Gasteiger partial charge in [0, 0.05) is 6.04 Å². The summed E-state index contributed by atoms with van der Waals surface area (Å²) in [6.07, 6.45) is 8.75. The molecule has 1 heteroatoms. The first kappa shape index (κ1) is 14.0. The van der Waals surface area contributed by atoms with Crippen LogP contribution in [0.5, 0.6) is 0 Å². The zero-order chi connectivity index (χ0) is 12.0. The lowest BCUT2D eigenvalue weighted by molar-refractivity contribution is 0.209. The summed E-state index contributed by atoms with van der Waals surface area (Å²) in [6, 6.07) is 0.753. The van der Waals surface area contributed by atoms with E-state index < -0.39 is 0 Å². The van der Waals surface area contributed by atoms with Gasteiger partial charge in [-0.15, -0.1) is 0 Å². The highest BCUT2D eigenvalue weighted by molar-refractivity contribution is 4.83. The van der Waals surface area contributed by atoms with E-state index in [9.17, 15) is 0 Å². The van der Waals surface area contributed by atoms with Crippen molar-refractivity contribution in [1.82, 2.24) is 5.32 Å². The number of rotatable bonds is 5. The third-order valence-corrected chi connectivity index (χ3v) is 4.47. The van der Waals surface area contributed by atoms with Gasteiger partial charge in [-0.05, 0) is 37.1 Å². The molecule has 16 heavy (non-hydrogen) atoms. The van der Waals surface area contributed by atoms with Crippen LogP contribution in [0.4, 0.5) is 0 Å².